The molecular weight excluding hydrogens is 743 g/mol. The zero-order valence-electron chi connectivity index (χ0n) is 32.3. The molecule has 2 heterocycles. The van der Waals surface area contributed by atoms with E-state index in [1.54, 1.807) is 63.4 Å². The highest BCUT2D eigenvalue weighted by molar-refractivity contribution is 7.89. The zero-order valence-corrected chi connectivity index (χ0v) is 33.2. The quantitative estimate of drug-likeness (QED) is 0.0763. The number of benzene rings is 3. The summed E-state index contributed by atoms with van der Waals surface area (Å²) >= 11 is 0. The maximum Gasteiger partial charge on any atom is 0.415 e. The van der Waals surface area contributed by atoms with Crippen LogP contribution in [0.25, 0.3) is 5.65 Å². The van der Waals surface area contributed by atoms with Gasteiger partial charge in [-0.25, -0.2) is 18.2 Å². The van der Waals surface area contributed by atoms with Crippen LogP contribution in [0.15, 0.2) is 84.0 Å². The van der Waals surface area contributed by atoms with E-state index >= 15 is 0 Å². The first-order valence-electron chi connectivity index (χ1n) is 17.8. The maximum atomic E-state index is 14.8. The molecule has 1 fully saturated rings. The summed E-state index contributed by atoms with van der Waals surface area (Å²) in [6.45, 7) is 4.51. The van der Waals surface area contributed by atoms with Gasteiger partial charge in [0.2, 0.25) is 0 Å². The Morgan fingerprint density at radius 1 is 0.839 bits per heavy atom. The SMILES string of the molecule is COc1ccc(CN(Cc2ccc(OC)cc2OC)S(=O)(=O)c2ccc(N(Cc3cn4cc(C5CC5)ccc4n3)C(=O)OC(C)(C)C)cc2[N+](=O)[O-])c(OC)c1. The molecule has 0 N–H and O–H groups in total. The first kappa shape index (κ1) is 39.8. The van der Waals surface area contributed by atoms with E-state index in [1.165, 1.54) is 45.0 Å². The van der Waals surface area contributed by atoms with E-state index < -0.39 is 37.2 Å². The van der Waals surface area contributed by atoms with Gasteiger partial charge in [-0.2, -0.15) is 4.31 Å². The number of nitro groups is 1. The first-order valence-corrected chi connectivity index (χ1v) is 19.3. The highest BCUT2D eigenvalue weighted by Crippen LogP contribution is 2.40. The maximum absolute atomic E-state index is 14.8. The number of carbonyl (C=O) groups is 1. The first-order chi connectivity index (χ1) is 26.6. The smallest absolute Gasteiger partial charge is 0.415 e. The highest BCUT2D eigenvalue weighted by Gasteiger charge is 2.35. The number of aromatic nitrogens is 2. The summed E-state index contributed by atoms with van der Waals surface area (Å²) in [4.78, 5) is 31.1. The third kappa shape index (κ3) is 8.81. The molecule has 3 aromatic carbocycles. The number of pyridine rings is 1. The van der Waals surface area contributed by atoms with Crippen molar-refractivity contribution in [3.8, 4) is 23.0 Å². The molecule has 0 radical (unpaired) electrons. The molecule has 1 aliphatic carbocycles. The summed E-state index contributed by atoms with van der Waals surface area (Å²) in [6.07, 6.45) is 5.28. The lowest BCUT2D eigenvalue weighted by molar-refractivity contribution is -0.387. The number of amides is 1. The topological polar surface area (TPSA) is 164 Å². The van der Waals surface area contributed by atoms with Crippen molar-refractivity contribution < 1.29 is 41.8 Å². The predicted molar refractivity (Wildman–Crippen MR) is 208 cm³/mol. The van der Waals surface area contributed by atoms with Gasteiger partial charge in [-0.3, -0.25) is 15.0 Å². The number of imidazole rings is 1. The minimum Gasteiger partial charge on any atom is -0.497 e. The van der Waals surface area contributed by atoms with Crippen molar-refractivity contribution in [2.75, 3.05) is 33.3 Å². The number of nitrogens with zero attached hydrogens (tertiary/aromatic N) is 5. The molecular formula is C40H45N5O10S. The van der Waals surface area contributed by atoms with E-state index in [0.29, 0.717) is 51.4 Å². The zero-order chi connectivity index (χ0) is 40.4. The molecule has 1 aliphatic rings. The van der Waals surface area contributed by atoms with E-state index in [-0.39, 0.29) is 25.3 Å². The summed E-state index contributed by atoms with van der Waals surface area (Å²) in [7, 11) is 1.22. The van der Waals surface area contributed by atoms with Crippen LogP contribution in [0.5, 0.6) is 23.0 Å². The number of ether oxygens (including phenoxy) is 5. The number of fused-ring (bicyclic) bond motifs is 1. The van der Waals surface area contributed by atoms with Crippen molar-refractivity contribution in [1.29, 1.82) is 0 Å². The van der Waals surface area contributed by atoms with Crippen LogP contribution in [0.4, 0.5) is 16.2 Å². The van der Waals surface area contributed by atoms with E-state index in [9.17, 15) is 23.3 Å². The standard InChI is InChI=1S/C40H45N5O10S/c1-40(2,3)55-39(46)44(25-30-24-42-21-27(26-8-9-26)12-17-38(42)41-30)31-13-16-37(34(18-31)45(47)48)56(49,50)43(22-28-10-14-32(51-4)19-35(28)53-6)23-29-11-15-33(52-5)20-36(29)54-7/h10-21,24,26H,8-9,22-23,25H2,1-7H3. The number of carbonyl (C=O) groups excluding carboxylic acids is 1. The van der Waals surface area contributed by atoms with Crippen LogP contribution < -0.4 is 23.8 Å². The van der Waals surface area contributed by atoms with Gasteiger partial charge in [0.1, 0.15) is 34.2 Å². The number of methoxy groups -OCH3 is 4. The lowest BCUT2D eigenvalue weighted by Crippen LogP contribution is -2.36. The van der Waals surface area contributed by atoms with E-state index in [1.807, 2.05) is 22.7 Å². The van der Waals surface area contributed by atoms with Crippen molar-refractivity contribution in [1.82, 2.24) is 13.7 Å². The van der Waals surface area contributed by atoms with Gasteiger partial charge in [-0.15, -0.1) is 0 Å². The number of sulfonamides is 1. The lowest BCUT2D eigenvalue weighted by Gasteiger charge is -2.27. The van der Waals surface area contributed by atoms with Gasteiger partial charge in [0, 0.05) is 54.8 Å². The third-order valence-corrected chi connectivity index (χ3v) is 11.1. The van der Waals surface area contributed by atoms with Crippen LogP contribution in [-0.2, 0) is 34.4 Å². The molecule has 0 unspecified atom stereocenters. The number of hydrogen-bond acceptors (Lipinski definition) is 11. The van der Waals surface area contributed by atoms with Crippen LogP contribution in [0.3, 0.4) is 0 Å². The monoisotopic (exact) mass is 787 g/mol. The molecule has 296 valence electrons. The van der Waals surface area contributed by atoms with Crippen LogP contribution in [-0.4, -0.2) is 67.2 Å². The van der Waals surface area contributed by atoms with E-state index in [2.05, 4.69) is 4.98 Å². The Kier molecular flexibility index (Phi) is 11.4. The molecule has 16 heteroatoms. The molecule has 0 aliphatic heterocycles. The molecule has 56 heavy (non-hydrogen) atoms. The minimum absolute atomic E-state index is 0.0424. The second-order valence-electron chi connectivity index (χ2n) is 14.3. The van der Waals surface area contributed by atoms with Crippen molar-refractivity contribution in [3.05, 3.63) is 112 Å². The molecule has 0 atom stereocenters. The van der Waals surface area contributed by atoms with E-state index in [4.69, 9.17) is 23.7 Å². The summed E-state index contributed by atoms with van der Waals surface area (Å²) in [5, 5.41) is 12.8. The fourth-order valence-corrected chi connectivity index (χ4v) is 7.81. The molecule has 15 nitrogen and oxygen atoms in total. The highest BCUT2D eigenvalue weighted by atomic mass is 32.2. The predicted octanol–water partition coefficient (Wildman–Crippen LogP) is 7.49. The number of rotatable bonds is 15. The van der Waals surface area contributed by atoms with Gasteiger partial charge in [-0.05, 0) is 75.4 Å². The second kappa shape index (κ2) is 16.1. The van der Waals surface area contributed by atoms with Gasteiger partial charge in [0.25, 0.3) is 15.7 Å². The summed E-state index contributed by atoms with van der Waals surface area (Å²) < 4.78 is 60.0. The van der Waals surface area contributed by atoms with Crippen LogP contribution in [0.1, 0.15) is 61.9 Å². The lowest BCUT2D eigenvalue weighted by atomic mass is 10.1. The summed E-state index contributed by atoms with van der Waals surface area (Å²) in [5.41, 5.74) is 1.69. The van der Waals surface area contributed by atoms with Gasteiger partial charge >= 0.3 is 6.09 Å². The van der Waals surface area contributed by atoms with Gasteiger partial charge in [0.05, 0.1) is 51.3 Å². The Balaban J connectivity index is 1.42. The molecule has 6 rings (SSSR count). The largest absolute Gasteiger partial charge is 0.497 e. The number of anilines is 1. The molecule has 5 aromatic rings. The number of nitro benzene ring substituents is 1. The molecule has 0 saturated heterocycles. The van der Waals surface area contributed by atoms with Gasteiger partial charge < -0.3 is 28.1 Å². The van der Waals surface area contributed by atoms with Crippen LogP contribution in [0.2, 0.25) is 0 Å². The fraction of sp³-hybridized carbons (Fsp3) is 0.350. The Morgan fingerprint density at radius 2 is 1.45 bits per heavy atom. The normalized spacial score (nSPS) is 13.1. The van der Waals surface area contributed by atoms with Crippen LogP contribution >= 0.6 is 0 Å². The van der Waals surface area contributed by atoms with Crippen molar-refractivity contribution >= 4 is 33.1 Å². The Hall–Kier alpha value is -5.87. The van der Waals surface area contributed by atoms with Gasteiger partial charge in [-0.1, -0.05) is 18.2 Å². The molecule has 0 bridgehead atoms. The Morgan fingerprint density at radius 3 is 1.96 bits per heavy atom. The Bertz CT molecular complexity index is 2310. The molecule has 1 amide bonds. The molecule has 0 spiro atoms. The van der Waals surface area contributed by atoms with Crippen LogP contribution in [0, 0.1) is 10.1 Å². The van der Waals surface area contributed by atoms with Crippen molar-refractivity contribution in [3.63, 3.8) is 0 Å². The number of hydrogen-bond donors (Lipinski definition) is 0. The Labute approximate surface area is 325 Å². The average molecular weight is 788 g/mol. The minimum atomic E-state index is -4.66. The van der Waals surface area contributed by atoms with Crippen molar-refractivity contribution in [2.24, 2.45) is 0 Å². The second-order valence-corrected chi connectivity index (χ2v) is 16.2. The summed E-state index contributed by atoms with van der Waals surface area (Å²) in [6, 6.07) is 17.4. The molecule has 2 aromatic heterocycles. The fourth-order valence-electron chi connectivity index (χ4n) is 6.28. The van der Waals surface area contributed by atoms with Crippen molar-refractivity contribution in [2.45, 2.75) is 69.7 Å². The average Bonchev–Trinajstić information content (AvgIpc) is 3.94. The molecule has 1 saturated carbocycles. The van der Waals surface area contributed by atoms with E-state index in [0.717, 1.165) is 29.3 Å². The van der Waals surface area contributed by atoms with Gasteiger partial charge in [0.15, 0.2) is 4.90 Å². The summed E-state index contributed by atoms with van der Waals surface area (Å²) in [5.74, 6) is 2.19. The third-order valence-electron chi connectivity index (χ3n) is 9.26.